The highest BCUT2D eigenvalue weighted by molar-refractivity contribution is 6.30. The molecular weight excluding hydrogens is 382 g/mol. The molecule has 1 saturated heterocycles. The third kappa shape index (κ3) is 3.54. The molecule has 1 heterocycles. The van der Waals surface area contributed by atoms with Crippen molar-refractivity contribution in [2.45, 2.75) is 20.3 Å². The van der Waals surface area contributed by atoms with Crippen molar-refractivity contribution in [1.29, 1.82) is 0 Å². The molecule has 2 aromatic rings. The summed E-state index contributed by atoms with van der Waals surface area (Å²) in [4.78, 5) is 52.8. The first-order chi connectivity index (χ1) is 14.4. The number of carbonyl (C=O) groups excluding carboxylic acids is 4. The molecule has 4 rings (SSSR count). The first-order valence-electron chi connectivity index (χ1n) is 10.1. The smallest absolute Gasteiger partial charge is 0.339 e. The summed E-state index contributed by atoms with van der Waals surface area (Å²) in [6.07, 6.45) is 1.07. The molecule has 154 valence electrons. The van der Waals surface area contributed by atoms with Crippen LogP contribution in [0.2, 0.25) is 0 Å². The lowest BCUT2D eigenvalue weighted by molar-refractivity contribution is -0.137. The number of ether oxygens (including phenoxy) is 1. The van der Waals surface area contributed by atoms with Crippen molar-refractivity contribution in [1.82, 2.24) is 4.90 Å². The molecule has 0 N–H and O–H groups in total. The van der Waals surface area contributed by atoms with Crippen molar-refractivity contribution in [3.05, 3.63) is 70.3 Å². The van der Waals surface area contributed by atoms with Gasteiger partial charge in [-0.3, -0.25) is 14.4 Å². The summed E-state index contributed by atoms with van der Waals surface area (Å²) in [5, 5.41) is 0. The second-order valence-corrected chi connectivity index (χ2v) is 8.25. The summed E-state index contributed by atoms with van der Waals surface area (Å²) >= 11 is 0. The van der Waals surface area contributed by atoms with E-state index in [1.54, 1.807) is 35.2 Å². The Morgan fingerprint density at radius 3 is 2.17 bits per heavy atom. The summed E-state index contributed by atoms with van der Waals surface area (Å²) in [6, 6.07) is 11.1. The standard InChI is InChI=1S/C24H23NO5/c1-14-10-15(2)12-25(11-14)20(26)13-30-24(29)19-9-5-8-18-21(19)23(28)17-7-4-3-6-16(17)22(18)27/h3-9,14-15H,10-13H2,1-2H3. The molecule has 1 aliphatic heterocycles. The van der Waals surface area contributed by atoms with Crippen LogP contribution >= 0.6 is 0 Å². The van der Waals surface area contributed by atoms with Crippen LogP contribution in [0.4, 0.5) is 0 Å². The molecule has 0 saturated carbocycles. The third-order valence-corrected chi connectivity index (χ3v) is 5.72. The van der Waals surface area contributed by atoms with Crippen LogP contribution in [-0.2, 0) is 9.53 Å². The second kappa shape index (κ2) is 7.86. The number of fused-ring (bicyclic) bond motifs is 2. The van der Waals surface area contributed by atoms with Gasteiger partial charge in [-0.05, 0) is 24.3 Å². The average molecular weight is 405 g/mol. The van der Waals surface area contributed by atoms with E-state index in [1.165, 1.54) is 12.1 Å². The minimum Gasteiger partial charge on any atom is -0.452 e. The van der Waals surface area contributed by atoms with Gasteiger partial charge in [0.25, 0.3) is 5.91 Å². The highest BCUT2D eigenvalue weighted by Gasteiger charge is 2.33. The van der Waals surface area contributed by atoms with Gasteiger partial charge in [-0.15, -0.1) is 0 Å². The van der Waals surface area contributed by atoms with Gasteiger partial charge >= 0.3 is 5.97 Å². The first-order valence-corrected chi connectivity index (χ1v) is 10.1. The number of ketones is 2. The molecule has 2 atom stereocenters. The normalized spacial score (nSPS) is 20.4. The van der Waals surface area contributed by atoms with E-state index in [2.05, 4.69) is 13.8 Å². The van der Waals surface area contributed by atoms with Crippen molar-refractivity contribution >= 4 is 23.4 Å². The maximum absolute atomic E-state index is 13.0. The molecule has 2 aliphatic rings. The summed E-state index contributed by atoms with van der Waals surface area (Å²) in [5.41, 5.74) is 0.817. The van der Waals surface area contributed by atoms with Crippen LogP contribution < -0.4 is 0 Å². The predicted molar refractivity (Wildman–Crippen MR) is 110 cm³/mol. The summed E-state index contributed by atoms with van der Waals surface area (Å²) in [7, 11) is 0. The largest absolute Gasteiger partial charge is 0.452 e. The van der Waals surface area contributed by atoms with E-state index in [4.69, 9.17) is 4.74 Å². The van der Waals surface area contributed by atoms with Crippen molar-refractivity contribution in [3.8, 4) is 0 Å². The summed E-state index contributed by atoms with van der Waals surface area (Å²) < 4.78 is 5.26. The number of hydrogen-bond acceptors (Lipinski definition) is 5. The molecular formula is C24H23NO5. The molecule has 0 bridgehead atoms. The molecule has 6 nitrogen and oxygen atoms in total. The minimum atomic E-state index is -0.779. The Bertz CT molecular complexity index is 1050. The van der Waals surface area contributed by atoms with Crippen molar-refractivity contribution < 1.29 is 23.9 Å². The van der Waals surface area contributed by atoms with Gasteiger partial charge in [-0.1, -0.05) is 50.2 Å². The molecule has 1 aliphatic carbocycles. The van der Waals surface area contributed by atoms with Crippen molar-refractivity contribution in [3.63, 3.8) is 0 Å². The zero-order valence-electron chi connectivity index (χ0n) is 17.0. The van der Waals surface area contributed by atoms with Crippen molar-refractivity contribution in [2.75, 3.05) is 19.7 Å². The number of amides is 1. The zero-order chi connectivity index (χ0) is 21.4. The fourth-order valence-electron chi connectivity index (χ4n) is 4.48. The number of piperidine rings is 1. The van der Waals surface area contributed by atoms with Gasteiger partial charge in [-0.2, -0.15) is 0 Å². The highest BCUT2D eigenvalue weighted by Crippen LogP contribution is 2.30. The lowest BCUT2D eigenvalue weighted by atomic mass is 9.82. The van der Waals surface area contributed by atoms with E-state index >= 15 is 0 Å². The van der Waals surface area contributed by atoms with Gasteiger partial charge in [0.1, 0.15) is 0 Å². The van der Waals surface area contributed by atoms with Crippen LogP contribution in [0.15, 0.2) is 42.5 Å². The van der Waals surface area contributed by atoms with Crippen LogP contribution in [0.25, 0.3) is 0 Å². The Hall–Kier alpha value is -3.28. The molecule has 1 fully saturated rings. The third-order valence-electron chi connectivity index (χ3n) is 5.72. The SMILES string of the molecule is CC1CC(C)CN(C(=O)COC(=O)c2cccc3c2C(=O)c2ccccc2C3=O)C1. The molecule has 0 radical (unpaired) electrons. The van der Waals surface area contributed by atoms with Crippen LogP contribution in [-0.4, -0.2) is 48.0 Å². The Labute approximate surface area is 174 Å². The van der Waals surface area contributed by atoms with E-state index < -0.39 is 11.8 Å². The number of likely N-dealkylation sites (tertiary alicyclic amines) is 1. The molecule has 2 aromatic carbocycles. The Kier molecular flexibility index (Phi) is 5.24. The maximum Gasteiger partial charge on any atom is 0.339 e. The summed E-state index contributed by atoms with van der Waals surface area (Å²) in [6.45, 7) is 5.09. The topological polar surface area (TPSA) is 80.8 Å². The monoisotopic (exact) mass is 405 g/mol. The quantitative estimate of drug-likeness (QED) is 0.626. The van der Waals surface area contributed by atoms with E-state index in [0.29, 0.717) is 30.5 Å². The van der Waals surface area contributed by atoms with E-state index in [-0.39, 0.29) is 40.6 Å². The van der Waals surface area contributed by atoms with Crippen molar-refractivity contribution in [2.24, 2.45) is 11.8 Å². The second-order valence-electron chi connectivity index (χ2n) is 8.25. The van der Waals surface area contributed by atoms with E-state index in [1.807, 2.05) is 0 Å². The summed E-state index contributed by atoms with van der Waals surface area (Å²) in [5.74, 6) is -0.922. The number of hydrogen-bond donors (Lipinski definition) is 0. The Morgan fingerprint density at radius 1 is 0.900 bits per heavy atom. The van der Waals surface area contributed by atoms with Gasteiger partial charge in [0.05, 0.1) is 5.56 Å². The van der Waals surface area contributed by atoms with Gasteiger partial charge in [-0.25, -0.2) is 4.79 Å². The fourth-order valence-corrected chi connectivity index (χ4v) is 4.48. The molecule has 2 unspecified atom stereocenters. The molecule has 0 aromatic heterocycles. The molecule has 30 heavy (non-hydrogen) atoms. The van der Waals surface area contributed by atoms with Crippen LogP contribution in [0.1, 0.15) is 62.5 Å². The van der Waals surface area contributed by atoms with Crippen LogP contribution in [0.3, 0.4) is 0 Å². The predicted octanol–water partition coefficient (Wildman–Crippen LogP) is 3.12. The maximum atomic E-state index is 13.0. The van der Waals surface area contributed by atoms with Gasteiger partial charge < -0.3 is 9.64 Å². The molecule has 6 heteroatoms. The lowest BCUT2D eigenvalue weighted by Gasteiger charge is -2.34. The van der Waals surface area contributed by atoms with Gasteiger partial charge in [0.2, 0.25) is 0 Å². The number of esters is 1. The number of carbonyl (C=O) groups is 4. The van der Waals surface area contributed by atoms with E-state index in [0.717, 1.165) is 6.42 Å². The first kappa shape index (κ1) is 20.0. The Balaban J connectivity index is 1.54. The highest BCUT2D eigenvalue weighted by atomic mass is 16.5. The Morgan fingerprint density at radius 2 is 1.50 bits per heavy atom. The van der Waals surface area contributed by atoms with Gasteiger partial charge in [0, 0.05) is 35.3 Å². The average Bonchev–Trinajstić information content (AvgIpc) is 2.74. The zero-order valence-corrected chi connectivity index (χ0v) is 17.0. The molecule has 1 amide bonds. The molecule has 0 spiro atoms. The number of nitrogens with zero attached hydrogens (tertiary/aromatic N) is 1. The number of rotatable bonds is 3. The fraction of sp³-hybridized carbons (Fsp3) is 0.333. The van der Waals surface area contributed by atoms with Gasteiger partial charge in [0.15, 0.2) is 18.2 Å². The van der Waals surface area contributed by atoms with Crippen LogP contribution in [0.5, 0.6) is 0 Å². The lowest BCUT2D eigenvalue weighted by Crippen LogP contribution is -2.44. The van der Waals surface area contributed by atoms with E-state index in [9.17, 15) is 19.2 Å². The minimum absolute atomic E-state index is 0.00790. The number of benzene rings is 2. The van der Waals surface area contributed by atoms with Crippen LogP contribution in [0, 0.1) is 11.8 Å².